The van der Waals surface area contributed by atoms with Crippen molar-refractivity contribution in [2.24, 2.45) is 30.0 Å². The van der Waals surface area contributed by atoms with Crippen molar-refractivity contribution in [1.82, 2.24) is 9.13 Å². The Hall–Kier alpha value is -1.34. The van der Waals surface area contributed by atoms with E-state index in [1.807, 2.05) is 66.7 Å². The predicted octanol–water partition coefficient (Wildman–Crippen LogP) is 4.24. The first kappa shape index (κ1) is 33.6. The van der Waals surface area contributed by atoms with Crippen LogP contribution in [0.3, 0.4) is 0 Å². The van der Waals surface area contributed by atoms with Crippen molar-refractivity contribution in [3.05, 3.63) is 130 Å². The van der Waals surface area contributed by atoms with Crippen molar-refractivity contribution in [3.63, 3.8) is 0 Å². The van der Waals surface area contributed by atoms with Crippen molar-refractivity contribution >= 4 is 56.5 Å². The number of amidine groups is 4. The average molecular weight is 878 g/mol. The van der Waals surface area contributed by atoms with Gasteiger partial charge in [-0.1, -0.05) is 43.8 Å². The number of nitrogens with zero attached hydrogens (tertiary/aromatic N) is 8. The normalized spacial score (nSPS) is 14.3. The number of benzene rings is 4. The maximum Gasteiger partial charge on any atom is 0.110 e. The van der Waals surface area contributed by atoms with Crippen LogP contribution in [0.4, 0.5) is 11.6 Å². The minimum Gasteiger partial charge on any atom is -0.342 e. The molecule has 4 aromatic carbocycles. The number of aliphatic imine (C=N–C) groups is 4. The van der Waals surface area contributed by atoms with Gasteiger partial charge in [0.25, 0.3) is 0 Å². The molecule has 0 atom stereocenters. The smallest absolute Gasteiger partial charge is 0.110 e. The zero-order chi connectivity index (χ0) is 26.7. The van der Waals surface area contributed by atoms with Crippen molar-refractivity contribution in [1.29, 1.82) is 0 Å². The summed E-state index contributed by atoms with van der Waals surface area (Å²) in [5.74, 6) is 3.72. The fourth-order valence-corrected chi connectivity index (χ4v) is 6.04. The summed E-state index contributed by atoms with van der Waals surface area (Å²) >= 11 is 0. The first-order chi connectivity index (χ1) is 20.3. The number of fused-ring (bicyclic) bond motifs is 14. The molecule has 0 fully saturated rings. The topological polar surface area (TPSA) is 84.0 Å². The van der Waals surface area contributed by atoms with Crippen LogP contribution in [0.25, 0.3) is 21.5 Å². The van der Waals surface area contributed by atoms with Crippen LogP contribution in [0, 0.1) is 24.3 Å². The quantitative estimate of drug-likeness (QED) is 0.205. The molecule has 0 aliphatic carbocycles. The van der Waals surface area contributed by atoms with E-state index >= 15 is 0 Å². The molecule has 6 aromatic rings. The number of rotatable bonds is 0. The van der Waals surface area contributed by atoms with E-state index in [0.717, 1.165) is 55.1 Å². The fourth-order valence-electron chi connectivity index (χ4n) is 6.04. The molecule has 4 aliphatic heterocycles. The van der Waals surface area contributed by atoms with Gasteiger partial charge in [-0.05, 0) is 0 Å². The average Bonchev–Trinajstić information content (AvgIpc) is 3.72. The molecule has 10 rings (SSSR count). The second-order valence-electron chi connectivity index (χ2n) is 10.1. The van der Waals surface area contributed by atoms with Gasteiger partial charge in [0, 0.05) is 131 Å². The van der Waals surface area contributed by atoms with Crippen molar-refractivity contribution < 1.29 is 131 Å². The van der Waals surface area contributed by atoms with E-state index in [-0.39, 0.29) is 131 Å². The van der Waals surface area contributed by atoms with Crippen LogP contribution >= 0.6 is 0 Å². The molecule has 6 heterocycles. The first-order valence-electron chi connectivity index (χ1n) is 13.2. The molecule has 12 heteroatoms. The molecule has 2 aromatic heterocycles. The number of hydrogen-bond donors (Lipinski definition) is 0. The summed E-state index contributed by atoms with van der Waals surface area (Å²) in [7, 11) is 0. The standard InChI is InChI=1S/C33H14N8.4Y/c1-2-10-19-18(9-1)26-34-27(19)37-31-24-15-7-8-16-25(24)33-39-29-21-12-4-3-11-20(21)28(35-29)38-32-23-14-6-5-13-22(23)30(36-26)40(32)17-41(31)33;;;;/h1-9,11,13,15H,17H2;;;;/q-4;;;;. The van der Waals surface area contributed by atoms with Gasteiger partial charge in [0.2, 0.25) is 0 Å². The van der Waals surface area contributed by atoms with Gasteiger partial charge in [-0.3, -0.25) is 20.0 Å². The van der Waals surface area contributed by atoms with Crippen LogP contribution in [-0.2, 0) is 138 Å². The summed E-state index contributed by atoms with van der Waals surface area (Å²) < 4.78 is 4.18. The molecule has 0 spiro atoms. The van der Waals surface area contributed by atoms with Crippen LogP contribution in [0.2, 0.25) is 0 Å². The molecular weight excluding hydrogens is 864 g/mol. The van der Waals surface area contributed by atoms with Gasteiger partial charge in [0.05, 0.1) is 41.0 Å². The van der Waals surface area contributed by atoms with E-state index in [2.05, 4.69) is 39.5 Å². The van der Waals surface area contributed by atoms with E-state index < -0.39 is 0 Å². The van der Waals surface area contributed by atoms with Crippen LogP contribution in [0.1, 0.15) is 22.3 Å². The Bertz CT molecular complexity index is 2300. The van der Waals surface area contributed by atoms with Gasteiger partial charge in [-0.25, -0.2) is 4.99 Å². The largest absolute Gasteiger partial charge is 0.342 e. The Balaban J connectivity index is 0.000000893. The Morgan fingerprint density at radius 2 is 1.00 bits per heavy atom. The molecule has 202 valence electrons. The zero-order valence-electron chi connectivity index (χ0n) is 23.5. The van der Waals surface area contributed by atoms with E-state index in [9.17, 15) is 0 Å². The van der Waals surface area contributed by atoms with Crippen LogP contribution in [-0.4, -0.2) is 32.5 Å². The Morgan fingerprint density at radius 3 is 1.67 bits per heavy atom. The molecule has 8 nitrogen and oxygen atoms in total. The molecule has 4 aliphatic rings. The van der Waals surface area contributed by atoms with E-state index in [1.165, 1.54) is 0 Å². The predicted molar refractivity (Wildman–Crippen MR) is 155 cm³/mol. The molecule has 4 radical (unpaired) electrons. The number of hydrogen-bond acceptors (Lipinski definition) is 6. The minimum absolute atomic E-state index is 0. The summed E-state index contributed by atoms with van der Waals surface area (Å²) in [5.41, 5.74) is 4.84. The van der Waals surface area contributed by atoms with Crippen LogP contribution in [0.15, 0.2) is 103 Å². The zero-order valence-corrected chi connectivity index (χ0v) is 34.9. The fraction of sp³-hybridized carbons (Fsp3) is 0.0303. The second kappa shape index (κ2) is 12.9. The Kier molecular flexibility index (Phi) is 9.64. The maximum atomic E-state index is 5.17. The summed E-state index contributed by atoms with van der Waals surface area (Å²) in [6.45, 7) is 0.363. The molecule has 0 amide bonds. The van der Waals surface area contributed by atoms with Gasteiger partial charge in [0.15, 0.2) is 0 Å². The number of aromatic nitrogens is 2. The van der Waals surface area contributed by atoms with Crippen LogP contribution in [0.5, 0.6) is 0 Å². The molecule has 0 saturated carbocycles. The third-order valence-corrected chi connectivity index (χ3v) is 7.86. The van der Waals surface area contributed by atoms with Gasteiger partial charge in [-0.2, -0.15) is 0 Å². The van der Waals surface area contributed by atoms with Gasteiger partial charge >= 0.3 is 0 Å². The van der Waals surface area contributed by atoms with Gasteiger partial charge < -0.3 is 14.1 Å². The summed E-state index contributed by atoms with van der Waals surface area (Å²) in [6.07, 6.45) is 0. The molecule has 6 bridgehead atoms. The van der Waals surface area contributed by atoms with Crippen LogP contribution < -0.4 is 11.0 Å². The van der Waals surface area contributed by atoms with Crippen molar-refractivity contribution in [2.75, 3.05) is 0 Å². The third-order valence-electron chi connectivity index (χ3n) is 7.86. The molecular formula is C33H14N8Y4-4. The molecule has 45 heavy (non-hydrogen) atoms. The minimum atomic E-state index is 0. The van der Waals surface area contributed by atoms with E-state index in [4.69, 9.17) is 30.0 Å². The first-order valence-corrected chi connectivity index (χ1v) is 13.2. The molecule has 0 saturated heterocycles. The van der Waals surface area contributed by atoms with Crippen molar-refractivity contribution in [3.8, 4) is 0 Å². The molecule has 0 unspecified atom stereocenters. The van der Waals surface area contributed by atoms with E-state index in [1.54, 1.807) is 0 Å². The Morgan fingerprint density at radius 1 is 0.467 bits per heavy atom. The SMILES string of the molecule is [Y].[Y].[Y].[Y].[c-]1cccc2c1C1=Nc3c4[c-]cccc4c4n3Cn3c(c5[c-]cccc5c3=NC3=NC(=N4)c4[c-]cccc43)=NC2=N1. The monoisotopic (exact) mass is 878 g/mol. The Labute approximate surface area is 358 Å². The van der Waals surface area contributed by atoms with Gasteiger partial charge in [0.1, 0.15) is 11.7 Å². The maximum absolute atomic E-state index is 5.17. The van der Waals surface area contributed by atoms with E-state index in [0.29, 0.717) is 41.3 Å². The van der Waals surface area contributed by atoms with Gasteiger partial charge in [-0.15, -0.1) is 97.1 Å². The second-order valence-corrected chi connectivity index (χ2v) is 10.1. The third kappa shape index (κ3) is 5.01. The summed E-state index contributed by atoms with van der Waals surface area (Å²) in [4.78, 5) is 30.5. The summed E-state index contributed by atoms with van der Waals surface area (Å²) in [5, 5.41) is 3.54. The summed E-state index contributed by atoms with van der Waals surface area (Å²) in [6, 6.07) is 37.0. The molecule has 0 N–H and O–H groups in total. The van der Waals surface area contributed by atoms with Crippen molar-refractivity contribution in [2.45, 2.75) is 6.67 Å².